The molecule has 1 saturated carbocycles. The first-order valence-corrected chi connectivity index (χ1v) is 15.0. The fourth-order valence-electron chi connectivity index (χ4n) is 5.15. The van der Waals surface area contributed by atoms with Crippen LogP contribution in [0.15, 0.2) is 23.4 Å². The van der Waals surface area contributed by atoms with Gasteiger partial charge in [-0.3, -0.25) is 4.90 Å². The Morgan fingerprint density at radius 2 is 1.98 bits per heavy atom. The monoisotopic (exact) mass is 622 g/mol. The number of carbonyl (C=O) groups excluding carboxylic acids is 1. The van der Waals surface area contributed by atoms with Gasteiger partial charge in [0.1, 0.15) is 23.9 Å². The summed E-state index contributed by atoms with van der Waals surface area (Å²) in [4.78, 5) is 24.6. The molecule has 1 N–H and O–H groups in total. The molecule has 5 rings (SSSR count). The normalized spacial score (nSPS) is 23.7. The Kier molecular flexibility index (Phi) is 9.18. The number of rotatable bonds is 10. The highest BCUT2D eigenvalue weighted by Crippen LogP contribution is 2.48. The van der Waals surface area contributed by atoms with Gasteiger partial charge in [0.15, 0.2) is 40.1 Å². The van der Waals surface area contributed by atoms with Gasteiger partial charge in [0.2, 0.25) is 0 Å². The summed E-state index contributed by atoms with van der Waals surface area (Å²) in [6.07, 6.45) is -2.01. The molecule has 5 atom stereocenters. The van der Waals surface area contributed by atoms with Crippen LogP contribution in [0.3, 0.4) is 0 Å². The van der Waals surface area contributed by atoms with Crippen LogP contribution < -0.4 is 4.90 Å². The van der Waals surface area contributed by atoms with Crippen LogP contribution >= 0.6 is 11.8 Å². The molecule has 1 aromatic carbocycles. The van der Waals surface area contributed by atoms with Crippen molar-refractivity contribution in [3.05, 3.63) is 35.4 Å². The third kappa shape index (κ3) is 6.45. The van der Waals surface area contributed by atoms with E-state index in [1.165, 1.54) is 41.6 Å². The van der Waals surface area contributed by atoms with Gasteiger partial charge >= 0.3 is 6.09 Å². The quantitative estimate of drug-likeness (QED) is 0.198. The summed E-state index contributed by atoms with van der Waals surface area (Å²) in [5.74, 6) is -1.31. The number of aromatic nitrogens is 5. The number of anilines is 1. The van der Waals surface area contributed by atoms with E-state index in [9.17, 15) is 18.7 Å². The van der Waals surface area contributed by atoms with E-state index < -0.39 is 53.9 Å². The second-order valence-corrected chi connectivity index (χ2v) is 12.6. The summed E-state index contributed by atoms with van der Waals surface area (Å²) in [7, 11) is 2.91. The zero-order valence-electron chi connectivity index (χ0n) is 24.9. The molecule has 43 heavy (non-hydrogen) atoms. The van der Waals surface area contributed by atoms with Gasteiger partial charge in [0.25, 0.3) is 0 Å². The molecule has 1 saturated heterocycles. The van der Waals surface area contributed by atoms with Crippen molar-refractivity contribution in [2.75, 3.05) is 31.5 Å². The van der Waals surface area contributed by atoms with Crippen molar-refractivity contribution < 1.29 is 37.6 Å². The molecule has 12 nitrogen and oxygen atoms in total. The fourth-order valence-corrected chi connectivity index (χ4v) is 5.84. The number of hydrogen-bond acceptors (Lipinski definition) is 11. The summed E-state index contributed by atoms with van der Waals surface area (Å²) in [5.41, 5.74) is 0.232. The van der Waals surface area contributed by atoms with Crippen LogP contribution in [0.5, 0.6) is 0 Å². The first-order valence-electron chi connectivity index (χ1n) is 14.1. The summed E-state index contributed by atoms with van der Waals surface area (Å²) in [5, 5.41) is 20.2. The maximum absolute atomic E-state index is 14.1. The Labute approximate surface area is 252 Å². The lowest BCUT2D eigenvalue weighted by molar-refractivity contribution is -0.185. The van der Waals surface area contributed by atoms with Gasteiger partial charge in [0.05, 0.1) is 6.61 Å². The highest BCUT2D eigenvalue weighted by atomic mass is 32.2. The van der Waals surface area contributed by atoms with Crippen LogP contribution in [0.25, 0.3) is 11.2 Å². The van der Waals surface area contributed by atoms with Gasteiger partial charge in [-0.1, -0.05) is 30.0 Å². The summed E-state index contributed by atoms with van der Waals surface area (Å²) in [6, 6.07) is 2.58. The number of carbonyl (C=O) groups is 1. The number of nitrogens with zero attached hydrogens (tertiary/aromatic N) is 6. The number of thioether (sulfide) groups is 1. The van der Waals surface area contributed by atoms with Crippen LogP contribution in [0.4, 0.5) is 19.4 Å². The zero-order chi connectivity index (χ0) is 31.1. The molecule has 0 bridgehead atoms. The molecule has 3 aromatic rings. The lowest BCUT2D eigenvalue weighted by atomic mass is 10.1. The predicted molar refractivity (Wildman–Crippen MR) is 153 cm³/mol. The minimum absolute atomic E-state index is 0.0842. The Hall–Kier alpha value is -2.98. The second kappa shape index (κ2) is 12.6. The lowest BCUT2D eigenvalue weighted by Gasteiger charge is -2.27. The average Bonchev–Trinajstić information content (AvgIpc) is 3.47. The lowest BCUT2D eigenvalue weighted by Crippen LogP contribution is -2.40. The minimum Gasteiger partial charge on any atom is -0.443 e. The van der Waals surface area contributed by atoms with Crippen molar-refractivity contribution in [2.24, 2.45) is 0 Å². The van der Waals surface area contributed by atoms with E-state index in [1.54, 1.807) is 20.8 Å². The Morgan fingerprint density at radius 3 is 2.63 bits per heavy atom. The number of benzene rings is 1. The van der Waals surface area contributed by atoms with E-state index in [-0.39, 0.29) is 23.9 Å². The Morgan fingerprint density at radius 1 is 1.23 bits per heavy atom. The number of methoxy groups -OCH3 is 2. The molecule has 3 heterocycles. The first kappa shape index (κ1) is 31.4. The second-order valence-electron chi connectivity index (χ2n) is 11.5. The van der Waals surface area contributed by atoms with Crippen molar-refractivity contribution in [3.63, 3.8) is 0 Å². The number of halogens is 2. The average molecular weight is 623 g/mol. The van der Waals surface area contributed by atoms with Crippen molar-refractivity contribution in [2.45, 2.75) is 87.8 Å². The number of aliphatic hydroxyl groups is 1. The van der Waals surface area contributed by atoms with Crippen molar-refractivity contribution in [1.82, 2.24) is 25.0 Å². The van der Waals surface area contributed by atoms with Crippen LogP contribution in [-0.4, -0.2) is 92.9 Å². The van der Waals surface area contributed by atoms with Crippen LogP contribution in [-0.2, 0) is 18.9 Å². The van der Waals surface area contributed by atoms with Gasteiger partial charge in [-0.25, -0.2) is 28.2 Å². The van der Waals surface area contributed by atoms with Crippen LogP contribution in [0, 0.1) is 11.6 Å². The standard InChI is InChI=1S/C28H36F2N6O6S/c1-7-10-43-26-31-23(20-24(32-26)36(34-33-20)19-13-41-22(21(19)37)25(39-5)40-6)35(27(38)42-28(2,3)4)18-12-15(18)14-8-9-16(29)17(30)11-14/h8-9,11,15,18-19,21-22,25,37H,7,10,12-13H2,1-6H3/t15-,18+,19-,21+,22+/m0/s1. The highest BCUT2D eigenvalue weighted by Gasteiger charge is 2.49. The predicted octanol–water partition coefficient (Wildman–Crippen LogP) is 4.22. The first-order chi connectivity index (χ1) is 20.5. The summed E-state index contributed by atoms with van der Waals surface area (Å²) in [6.45, 7) is 7.37. The fraction of sp³-hybridized carbons (Fsp3) is 0.607. The molecule has 0 unspecified atom stereocenters. The molecule has 2 aliphatic rings. The molecule has 2 fully saturated rings. The SMILES string of the molecule is CCCSc1nc(N(C(=O)OC(C)(C)C)[C@@H]2C[C@H]2c2ccc(F)c(F)c2)c2nnn([C@H]3CO[C@@H](C(OC)OC)[C@@H]3O)c2n1. The number of aliphatic hydroxyl groups excluding tert-OH is 1. The van der Waals surface area contributed by atoms with Gasteiger partial charge in [-0.15, -0.1) is 5.10 Å². The van der Waals surface area contributed by atoms with E-state index >= 15 is 0 Å². The van der Waals surface area contributed by atoms with Crippen LogP contribution in [0.1, 0.15) is 58.1 Å². The smallest absolute Gasteiger partial charge is 0.416 e. The minimum atomic E-state index is -1.07. The van der Waals surface area contributed by atoms with E-state index in [4.69, 9.17) is 28.9 Å². The summed E-state index contributed by atoms with van der Waals surface area (Å²) >= 11 is 1.40. The molecule has 234 valence electrons. The zero-order valence-corrected chi connectivity index (χ0v) is 25.7. The molecule has 1 aliphatic carbocycles. The van der Waals surface area contributed by atoms with E-state index in [0.29, 0.717) is 28.5 Å². The molecule has 1 amide bonds. The Balaban J connectivity index is 1.59. The van der Waals surface area contributed by atoms with Gasteiger partial charge < -0.3 is 24.1 Å². The highest BCUT2D eigenvalue weighted by molar-refractivity contribution is 7.99. The third-order valence-electron chi connectivity index (χ3n) is 7.24. The van der Waals surface area contributed by atoms with Crippen LogP contribution in [0.2, 0.25) is 0 Å². The van der Waals surface area contributed by atoms with E-state index in [0.717, 1.165) is 18.6 Å². The molecular weight excluding hydrogens is 586 g/mol. The molecule has 0 radical (unpaired) electrons. The summed E-state index contributed by atoms with van der Waals surface area (Å²) < 4.78 is 51.4. The Bertz CT molecular complexity index is 1470. The number of amides is 1. The van der Waals surface area contributed by atoms with Crippen molar-refractivity contribution in [1.29, 1.82) is 0 Å². The molecule has 15 heteroatoms. The van der Waals surface area contributed by atoms with Crippen molar-refractivity contribution >= 4 is 34.8 Å². The molecule has 2 aromatic heterocycles. The maximum Gasteiger partial charge on any atom is 0.416 e. The van der Waals surface area contributed by atoms with Gasteiger partial charge in [-0.2, -0.15) is 0 Å². The topological polar surface area (TPSA) is 134 Å². The maximum atomic E-state index is 14.1. The van der Waals surface area contributed by atoms with Crippen molar-refractivity contribution in [3.8, 4) is 0 Å². The third-order valence-corrected chi connectivity index (χ3v) is 8.29. The number of hydrogen-bond donors (Lipinski definition) is 1. The number of fused-ring (bicyclic) bond motifs is 1. The molecule has 0 spiro atoms. The van der Waals surface area contributed by atoms with Gasteiger partial charge in [-0.05, 0) is 51.3 Å². The van der Waals surface area contributed by atoms with E-state index in [1.807, 2.05) is 6.92 Å². The number of ether oxygens (including phenoxy) is 4. The van der Waals surface area contributed by atoms with Gasteiger partial charge in [0, 0.05) is 31.9 Å². The molecular formula is C28H36F2N6O6S. The van der Waals surface area contributed by atoms with E-state index in [2.05, 4.69) is 10.3 Å². The molecule has 1 aliphatic heterocycles. The largest absolute Gasteiger partial charge is 0.443 e.